The molecular formula is C24H28N6OS2. The van der Waals surface area contributed by atoms with Crippen LogP contribution in [-0.4, -0.2) is 52.5 Å². The van der Waals surface area contributed by atoms with E-state index in [0.29, 0.717) is 12.1 Å². The largest absolute Gasteiger partial charge is 0.348 e. The van der Waals surface area contributed by atoms with Crippen molar-refractivity contribution in [3.8, 4) is 11.3 Å². The van der Waals surface area contributed by atoms with Crippen LogP contribution in [0.25, 0.3) is 21.6 Å². The van der Waals surface area contributed by atoms with Crippen LogP contribution in [0.15, 0.2) is 45.8 Å². The zero-order chi connectivity index (χ0) is 22.9. The molecule has 1 aromatic carbocycles. The highest BCUT2D eigenvalue weighted by molar-refractivity contribution is 7.98. The van der Waals surface area contributed by atoms with Gasteiger partial charge in [0.2, 0.25) is 0 Å². The molecule has 172 valence electrons. The second kappa shape index (κ2) is 9.30. The van der Waals surface area contributed by atoms with Crippen LogP contribution in [0.4, 0.5) is 11.1 Å². The van der Waals surface area contributed by atoms with Crippen LogP contribution in [0.1, 0.15) is 38.4 Å². The van der Waals surface area contributed by atoms with E-state index >= 15 is 0 Å². The minimum atomic E-state index is 0.272. The molecule has 0 saturated carbocycles. The summed E-state index contributed by atoms with van der Waals surface area (Å²) >= 11 is 3.41. The Bertz CT molecular complexity index is 1230. The van der Waals surface area contributed by atoms with Gasteiger partial charge in [-0.25, -0.2) is 9.97 Å². The number of aromatic nitrogens is 4. The van der Waals surface area contributed by atoms with Gasteiger partial charge in [0.1, 0.15) is 10.3 Å². The molecule has 0 N–H and O–H groups in total. The fourth-order valence-electron chi connectivity index (χ4n) is 4.07. The highest BCUT2D eigenvalue weighted by atomic mass is 32.2. The van der Waals surface area contributed by atoms with E-state index in [2.05, 4.69) is 83.5 Å². The molecule has 0 unspecified atom stereocenters. The lowest BCUT2D eigenvalue weighted by Gasteiger charge is -2.35. The van der Waals surface area contributed by atoms with Gasteiger partial charge in [-0.15, -0.1) is 11.8 Å². The van der Waals surface area contributed by atoms with E-state index in [0.717, 1.165) is 58.5 Å². The minimum Gasteiger partial charge on any atom is -0.348 e. The van der Waals surface area contributed by atoms with Gasteiger partial charge in [-0.3, -0.25) is 0 Å². The summed E-state index contributed by atoms with van der Waals surface area (Å²) < 4.78 is 5.48. The Morgan fingerprint density at radius 3 is 2.48 bits per heavy atom. The number of benzene rings is 1. The van der Waals surface area contributed by atoms with Gasteiger partial charge >= 0.3 is 6.01 Å². The lowest BCUT2D eigenvalue weighted by molar-refractivity contribution is 0.385. The maximum atomic E-state index is 5.48. The van der Waals surface area contributed by atoms with Crippen molar-refractivity contribution < 1.29 is 4.52 Å². The molecule has 0 aliphatic carbocycles. The molecular weight excluding hydrogens is 452 g/mol. The van der Waals surface area contributed by atoms with Crippen molar-refractivity contribution in [2.75, 3.05) is 36.2 Å². The zero-order valence-corrected chi connectivity index (χ0v) is 21.0. The molecule has 0 spiro atoms. The number of pyridine rings is 1. The van der Waals surface area contributed by atoms with E-state index in [1.165, 1.54) is 4.90 Å². The third kappa shape index (κ3) is 4.56. The number of hydrogen-bond donors (Lipinski definition) is 0. The maximum absolute atomic E-state index is 5.48. The molecule has 0 bridgehead atoms. The van der Waals surface area contributed by atoms with E-state index in [1.807, 2.05) is 0 Å². The second-order valence-corrected chi connectivity index (χ2v) is 10.5. The van der Waals surface area contributed by atoms with Crippen LogP contribution in [0.3, 0.4) is 0 Å². The van der Waals surface area contributed by atoms with Crippen molar-refractivity contribution >= 4 is 44.6 Å². The van der Waals surface area contributed by atoms with Gasteiger partial charge in [-0.1, -0.05) is 42.5 Å². The molecule has 0 atom stereocenters. The molecule has 4 heterocycles. The topological polar surface area (TPSA) is 71.2 Å². The molecule has 0 radical (unpaired) electrons. The molecule has 1 aliphatic rings. The zero-order valence-electron chi connectivity index (χ0n) is 19.4. The number of fused-ring (bicyclic) bond motifs is 1. The SMILES string of the molecule is CSc1ccc(-c2ccc3nc(N(C)C4CCN(c5nc(C(C)C)no5)CC4)sc3n2)cc1. The summed E-state index contributed by atoms with van der Waals surface area (Å²) in [6.45, 7) is 5.95. The first-order valence-electron chi connectivity index (χ1n) is 11.2. The quantitative estimate of drug-likeness (QED) is 0.326. The number of anilines is 2. The van der Waals surface area contributed by atoms with Crippen LogP contribution >= 0.6 is 23.1 Å². The predicted octanol–water partition coefficient (Wildman–Crippen LogP) is 5.69. The third-order valence-corrected chi connectivity index (χ3v) is 7.96. The first-order valence-corrected chi connectivity index (χ1v) is 13.3. The first kappa shape index (κ1) is 22.2. The van der Waals surface area contributed by atoms with Crippen LogP contribution in [0.5, 0.6) is 0 Å². The van der Waals surface area contributed by atoms with Crippen molar-refractivity contribution in [3.63, 3.8) is 0 Å². The van der Waals surface area contributed by atoms with E-state index < -0.39 is 0 Å². The summed E-state index contributed by atoms with van der Waals surface area (Å²) in [4.78, 5) is 21.1. The monoisotopic (exact) mass is 480 g/mol. The van der Waals surface area contributed by atoms with Gasteiger partial charge < -0.3 is 14.3 Å². The van der Waals surface area contributed by atoms with E-state index in [4.69, 9.17) is 14.5 Å². The summed E-state index contributed by atoms with van der Waals surface area (Å²) in [5, 5.41) is 5.12. The van der Waals surface area contributed by atoms with Gasteiger partial charge in [-0.05, 0) is 43.4 Å². The number of rotatable bonds is 6. The Morgan fingerprint density at radius 1 is 1.06 bits per heavy atom. The lowest BCUT2D eigenvalue weighted by atomic mass is 10.0. The maximum Gasteiger partial charge on any atom is 0.324 e. The van der Waals surface area contributed by atoms with Crippen LogP contribution < -0.4 is 9.80 Å². The minimum absolute atomic E-state index is 0.272. The van der Waals surface area contributed by atoms with Gasteiger partial charge in [0.05, 0.1) is 5.69 Å². The van der Waals surface area contributed by atoms with Gasteiger partial charge in [-0.2, -0.15) is 4.98 Å². The molecule has 1 fully saturated rings. The highest BCUT2D eigenvalue weighted by Crippen LogP contribution is 2.32. The van der Waals surface area contributed by atoms with Gasteiger partial charge in [0, 0.05) is 42.6 Å². The van der Waals surface area contributed by atoms with Crippen molar-refractivity contribution in [2.24, 2.45) is 0 Å². The number of nitrogens with zero attached hydrogens (tertiary/aromatic N) is 6. The van der Waals surface area contributed by atoms with E-state index in [9.17, 15) is 0 Å². The summed E-state index contributed by atoms with van der Waals surface area (Å²) in [5.74, 6) is 1.04. The van der Waals surface area contributed by atoms with E-state index in [-0.39, 0.29) is 5.92 Å². The molecule has 3 aromatic heterocycles. The average molecular weight is 481 g/mol. The van der Waals surface area contributed by atoms with E-state index in [1.54, 1.807) is 23.1 Å². The smallest absolute Gasteiger partial charge is 0.324 e. The molecule has 5 rings (SSSR count). The van der Waals surface area contributed by atoms with Crippen molar-refractivity contribution in [1.82, 2.24) is 20.1 Å². The van der Waals surface area contributed by atoms with Crippen molar-refractivity contribution in [3.05, 3.63) is 42.2 Å². The fourth-order valence-corrected chi connectivity index (χ4v) is 5.45. The summed E-state index contributed by atoms with van der Waals surface area (Å²) in [6, 6.07) is 13.8. The normalized spacial score (nSPS) is 15.0. The second-order valence-electron chi connectivity index (χ2n) is 8.66. The predicted molar refractivity (Wildman–Crippen MR) is 137 cm³/mol. The Hall–Kier alpha value is -2.65. The van der Waals surface area contributed by atoms with Crippen molar-refractivity contribution in [1.29, 1.82) is 0 Å². The Morgan fingerprint density at radius 2 is 1.82 bits per heavy atom. The third-order valence-electron chi connectivity index (χ3n) is 6.16. The van der Waals surface area contributed by atoms with Gasteiger partial charge in [0.25, 0.3) is 0 Å². The van der Waals surface area contributed by atoms with Crippen molar-refractivity contribution in [2.45, 2.75) is 43.5 Å². The fraction of sp³-hybridized carbons (Fsp3) is 0.417. The number of piperidine rings is 1. The Labute approximate surface area is 202 Å². The Balaban J connectivity index is 1.27. The summed E-state index contributed by atoms with van der Waals surface area (Å²) in [5.41, 5.74) is 3.07. The first-order chi connectivity index (χ1) is 16.0. The lowest BCUT2D eigenvalue weighted by Crippen LogP contribution is -2.43. The standard InChI is InChI=1S/C24H28N6OS2/c1-15(2)21-27-23(31-28-21)30-13-11-17(12-14-30)29(3)24-26-20-10-9-19(25-22(20)33-24)16-5-7-18(32-4)8-6-16/h5-10,15,17H,11-14H2,1-4H3. The van der Waals surface area contributed by atoms with Crippen LogP contribution in [0, 0.1) is 0 Å². The molecule has 1 saturated heterocycles. The highest BCUT2D eigenvalue weighted by Gasteiger charge is 2.27. The number of hydrogen-bond acceptors (Lipinski definition) is 9. The molecule has 7 nitrogen and oxygen atoms in total. The molecule has 1 aliphatic heterocycles. The Kier molecular flexibility index (Phi) is 6.25. The summed E-state index contributed by atoms with van der Waals surface area (Å²) in [7, 11) is 2.14. The number of thiazole rings is 1. The molecule has 4 aromatic rings. The average Bonchev–Trinajstić information content (AvgIpc) is 3.51. The van der Waals surface area contributed by atoms with Gasteiger partial charge in [0.15, 0.2) is 11.0 Å². The molecule has 0 amide bonds. The van der Waals surface area contributed by atoms with Crippen LogP contribution in [0.2, 0.25) is 0 Å². The van der Waals surface area contributed by atoms with Crippen LogP contribution in [-0.2, 0) is 0 Å². The summed E-state index contributed by atoms with van der Waals surface area (Å²) in [6.07, 6.45) is 4.13. The number of thioether (sulfide) groups is 1. The molecule has 9 heteroatoms. The molecule has 33 heavy (non-hydrogen) atoms.